The monoisotopic (exact) mass is 619 g/mol. The Bertz CT molecular complexity index is 1560. The van der Waals surface area contributed by atoms with Gasteiger partial charge in [-0.25, -0.2) is 4.79 Å². The summed E-state index contributed by atoms with van der Waals surface area (Å²) in [5.74, 6) is 0.381. The number of ether oxygens (including phenoxy) is 8. The predicted molar refractivity (Wildman–Crippen MR) is 163 cm³/mol. The van der Waals surface area contributed by atoms with Crippen LogP contribution in [0.25, 0.3) is 5.57 Å². The van der Waals surface area contributed by atoms with E-state index in [1.807, 2.05) is 6.07 Å². The second kappa shape index (κ2) is 13.3. The van der Waals surface area contributed by atoms with Gasteiger partial charge in [0.25, 0.3) is 5.79 Å². The third-order valence-electron chi connectivity index (χ3n) is 8.16. The molecule has 3 aromatic rings. The molecule has 3 aliphatic heterocycles. The number of nitrogens with zero attached hydrogens (tertiary/aromatic N) is 1. The van der Waals surface area contributed by atoms with Crippen molar-refractivity contribution in [3.8, 4) is 34.5 Å². The molecule has 0 spiro atoms. The van der Waals surface area contributed by atoms with E-state index in [4.69, 9.17) is 37.9 Å². The van der Waals surface area contributed by atoms with E-state index in [2.05, 4.69) is 4.90 Å². The average molecular weight is 620 g/mol. The summed E-state index contributed by atoms with van der Waals surface area (Å²) in [6.07, 6.45) is 0.942. The van der Waals surface area contributed by atoms with Gasteiger partial charge in [0, 0.05) is 37.2 Å². The minimum Gasteiger partial charge on any atom is -0.497 e. The molecule has 0 radical (unpaired) electrons. The van der Waals surface area contributed by atoms with Crippen molar-refractivity contribution in [2.75, 3.05) is 67.6 Å². The number of rotatable bonds is 12. The van der Waals surface area contributed by atoms with Crippen LogP contribution in [0.1, 0.15) is 23.1 Å². The number of methoxy groups -OCH3 is 3. The van der Waals surface area contributed by atoms with E-state index in [1.54, 1.807) is 69.9 Å². The molecule has 3 aliphatic rings. The normalized spacial score (nSPS) is 19.4. The van der Waals surface area contributed by atoms with E-state index in [0.717, 1.165) is 39.3 Å². The average Bonchev–Trinajstić information content (AvgIpc) is 3.64. The lowest BCUT2D eigenvalue weighted by atomic mass is 9.88. The molecule has 238 valence electrons. The quantitative estimate of drug-likeness (QED) is 0.235. The fourth-order valence-electron chi connectivity index (χ4n) is 5.83. The van der Waals surface area contributed by atoms with Gasteiger partial charge in [0.2, 0.25) is 12.5 Å². The first-order valence-corrected chi connectivity index (χ1v) is 14.8. The lowest BCUT2D eigenvalue weighted by Crippen LogP contribution is -2.37. The number of esters is 1. The van der Waals surface area contributed by atoms with Crippen LogP contribution in [0.2, 0.25) is 0 Å². The number of hydrogen-bond acceptors (Lipinski definition) is 11. The first-order valence-electron chi connectivity index (χ1n) is 14.8. The third kappa shape index (κ3) is 6.24. The number of carbonyl (C=O) groups excluding carboxylic acids is 1. The second-order valence-corrected chi connectivity index (χ2v) is 10.8. The Hall–Kier alpha value is -4.45. The van der Waals surface area contributed by atoms with E-state index in [-0.39, 0.29) is 18.8 Å². The summed E-state index contributed by atoms with van der Waals surface area (Å²) in [7, 11) is 4.67. The Morgan fingerprint density at radius 1 is 0.889 bits per heavy atom. The number of carbonyl (C=O) groups is 1. The minimum atomic E-state index is -2.05. The topological polar surface area (TPSA) is 114 Å². The maximum Gasteiger partial charge on any atom is 0.342 e. The van der Waals surface area contributed by atoms with Crippen molar-refractivity contribution in [1.82, 2.24) is 4.90 Å². The van der Waals surface area contributed by atoms with E-state index in [1.165, 1.54) is 0 Å². The molecule has 45 heavy (non-hydrogen) atoms. The number of benzene rings is 3. The Morgan fingerprint density at radius 2 is 1.64 bits per heavy atom. The number of morpholine rings is 1. The van der Waals surface area contributed by atoms with Gasteiger partial charge in [-0.2, -0.15) is 0 Å². The molecule has 0 aromatic heterocycles. The van der Waals surface area contributed by atoms with E-state index < -0.39 is 11.8 Å². The molecule has 3 aromatic carbocycles. The summed E-state index contributed by atoms with van der Waals surface area (Å²) < 4.78 is 45.1. The molecular formula is C34H37NO10. The van der Waals surface area contributed by atoms with Crippen molar-refractivity contribution in [1.29, 1.82) is 0 Å². The summed E-state index contributed by atoms with van der Waals surface area (Å²) in [6.45, 7) is 4.74. The highest BCUT2D eigenvalue weighted by Gasteiger charge is 2.48. The highest BCUT2D eigenvalue weighted by molar-refractivity contribution is 6.20. The molecule has 3 heterocycles. The third-order valence-corrected chi connectivity index (χ3v) is 8.16. The van der Waals surface area contributed by atoms with Crippen LogP contribution >= 0.6 is 0 Å². The van der Waals surface area contributed by atoms with Gasteiger partial charge in [-0.3, -0.25) is 4.90 Å². The number of aliphatic hydroxyl groups is 1. The summed E-state index contributed by atoms with van der Waals surface area (Å²) in [5.41, 5.74) is 2.21. The van der Waals surface area contributed by atoms with Crippen LogP contribution in [-0.4, -0.2) is 83.6 Å². The molecule has 11 heteroatoms. The Morgan fingerprint density at radius 3 is 2.38 bits per heavy atom. The molecule has 1 unspecified atom stereocenters. The molecule has 1 fully saturated rings. The first-order chi connectivity index (χ1) is 21.9. The van der Waals surface area contributed by atoms with E-state index in [0.29, 0.717) is 63.4 Å². The maximum atomic E-state index is 13.6. The molecule has 1 saturated heterocycles. The van der Waals surface area contributed by atoms with Crippen LogP contribution in [0.3, 0.4) is 0 Å². The lowest BCUT2D eigenvalue weighted by Gasteiger charge is -2.27. The van der Waals surface area contributed by atoms with Crippen molar-refractivity contribution < 1.29 is 47.8 Å². The van der Waals surface area contributed by atoms with Crippen molar-refractivity contribution in [2.24, 2.45) is 0 Å². The molecule has 6 rings (SSSR count). The number of fused-ring (bicyclic) bond motifs is 1. The maximum absolute atomic E-state index is 13.6. The van der Waals surface area contributed by atoms with Gasteiger partial charge in [0.1, 0.15) is 5.75 Å². The van der Waals surface area contributed by atoms with Crippen LogP contribution in [0.15, 0.2) is 60.2 Å². The molecule has 0 aliphatic carbocycles. The Labute approximate surface area is 261 Å². The number of cyclic esters (lactones) is 1. The molecule has 1 N–H and O–H groups in total. The van der Waals surface area contributed by atoms with E-state index in [9.17, 15) is 9.90 Å². The van der Waals surface area contributed by atoms with Gasteiger partial charge in [-0.1, -0.05) is 6.07 Å². The lowest BCUT2D eigenvalue weighted by molar-refractivity contribution is -0.185. The van der Waals surface area contributed by atoms with Crippen LogP contribution in [0, 0.1) is 0 Å². The smallest absolute Gasteiger partial charge is 0.342 e. The summed E-state index contributed by atoms with van der Waals surface area (Å²) in [5, 5.41) is 12.1. The molecule has 0 saturated carbocycles. The fraction of sp³-hybridized carbons (Fsp3) is 0.382. The first kappa shape index (κ1) is 30.6. The Kier molecular flexibility index (Phi) is 9.02. The SMILES string of the molecule is COc1ccc(C2(O)OC(=O)C(c3ccc4c(c3)OCO4)=C2Cc2cc(OC)c(OC)c(OCCCN3CCOCC3)c2)cc1. The van der Waals surface area contributed by atoms with Crippen LogP contribution in [0.4, 0.5) is 0 Å². The number of hydrogen-bond donors (Lipinski definition) is 1. The molecular weight excluding hydrogens is 582 g/mol. The van der Waals surface area contributed by atoms with Crippen molar-refractivity contribution in [2.45, 2.75) is 18.6 Å². The van der Waals surface area contributed by atoms with E-state index >= 15 is 0 Å². The molecule has 1 atom stereocenters. The summed E-state index contributed by atoms with van der Waals surface area (Å²) in [6, 6.07) is 15.6. The molecule has 0 bridgehead atoms. The second-order valence-electron chi connectivity index (χ2n) is 10.8. The largest absolute Gasteiger partial charge is 0.497 e. The van der Waals surface area contributed by atoms with Gasteiger partial charge >= 0.3 is 5.97 Å². The standard InChI is InChI=1S/C34H37NO10/c1-38-25-8-6-24(7-9-25)34(37)26(31(33(36)45-34)23-5-10-27-28(20-23)44-21-43-27)17-22-18-29(39-2)32(40-3)30(19-22)42-14-4-11-35-12-15-41-16-13-35/h5-10,18-20,37H,4,11-17,21H2,1-3H3. The Balaban J connectivity index is 1.36. The van der Waals surface area contributed by atoms with Crippen LogP contribution in [0.5, 0.6) is 34.5 Å². The van der Waals surface area contributed by atoms with Gasteiger partial charge in [-0.15, -0.1) is 0 Å². The molecule has 11 nitrogen and oxygen atoms in total. The summed E-state index contributed by atoms with van der Waals surface area (Å²) in [4.78, 5) is 15.9. The minimum absolute atomic E-state index is 0.0891. The van der Waals surface area contributed by atoms with Crippen LogP contribution < -0.4 is 28.4 Å². The zero-order valence-electron chi connectivity index (χ0n) is 25.6. The fourth-order valence-corrected chi connectivity index (χ4v) is 5.83. The van der Waals surface area contributed by atoms with Gasteiger partial charge in [-0.05, 0) is 66.1 Å². The van der Waals surface area contributed by atoms with Gasteiger partial charge in [0.15, 0.2) is 23.0 Å². The van der Waals surface area contributed by atoms with Crippen molar-refractivity contribution in [3.63, 3.8) is 0 Å². The highest BCUT2D eigenvalue weighted by Crippen LogP contribution is 2.48. The zero-order valence-corrected chi connectivity index (χ0v) is 25.6. The highest BCUT2D eigenvalue weighted by atomic mass is 16.7. The van der Waals surface area contributed by atoms with Crippen LogP contribution in [-0.2, 0) is 26.5 Å². The van der Waals surface area contributed by atoms with Crippen molar-refractivity contribution >= 4 is 11.5 Å². The zero-order chi connectivity index (χ0) is 31.4. The van der Waals surface area contributed by atoms with Gasteiger partial charge < -0.3 is 43.0 Å². The van der Waals surface area contributed by atoms with Crippen molar-refractivity contribution in [3.05, 3.63) is 76.9 Å². The summed E-state index contributed by atoms with van der Waals surface area (Å²) >= 11 is 0. The molecule has 0 amide bonds. The predicted octanol–water partition coefficient (Wildman–Crippen LogP) is 3.94. The van der Waals surface area contributed by atoms with Gasteiger partial charge in [0.05, 0.1) is 46.7 Å².